The predicted octanol–water partition coefficient (Wildman–Crippen LogP) is 3.52. The zero-order chi connectivity index (χ0) is 16.7. The molecule has 2 aromatic rings. The fourth-order valence-electron chi connectivity index (χ4n) is 4.31. The van der Waals surface area contributed by atoms with E-state index in [2.05, 4.69) is 17.1 Å². The third kappa shape index (κ3) is 2.56. The summed E-state index contributed by atoms with van der Waals surface area (Å²) in [5, 5.41) is 7.27. The highest BCUT2D eigenvalue weighted by Gasteiger charge is 2.32. The molecule has 1 atom stereocenters. The van der Waals surface area contributed by atoms with Gasteiger partial charge < -0.3 is 9.32 Å². The molecule has 1 aliphatic carbocycles. The zero-order valence-electron chi connectivity index (χ0n) is 14.5. The van der Waals surface area contributed by atoms with E-state index < -0.39 is 0 Å². The number of likely N-dealkylation sites (tertiary alicyclic amines) is 1. The highest BCUT2D eigenvalue weighted by molar-refractivity contribution is 5.97. The molecule has 0 spiro atoms. The molecule has 1 aliphatic heterocycles. The van der Waals surface area contributed by atoms with E-state index in [9.17, 15) is 4.79 Å². The van der Waals surface area contributed by atoms with Gasteiger partial charge in [0.05, 0.1) is 11.8 Å². The summed E-state index contributed by atoms with van der Waals surface area (Å²) >= 11 is 0. The molecule has 0 aromatic carbocycles. The van der Waals surface area contributed by atoms with Gasteiger partial charge in [-0.25, -0.2) is 0 Å². The molecule has 4 rings (SSSR count). The van der Waals surface area contributed by atoms with Crippen molar-refractivity contribution in [2.75, 3.05) is 13.1 Å². The first kappa shape index (κ1) is 15.5. The number of H-pyrrole nitrogens is 1. The number of hydrogen-bond donors (Lipinski definition) is 1. The minimum Gasteiger partial charge on any atom is -0.465 e. The quantitative estimate of drug-likeness (QED) is 0.918. The summed E-state index contributed by atoms with van der Waals surface area (Å²) in [4.78, 5) is 15.2. The van der Waals surface area contributed by atoms with Crippen molar-refractivity contribution in [2.45, 2.75) is 58.3 Å². The van der Waals surface area contributed by atoms with Crippen LogP contribution in [0.25, 0.3) is 0 Å². The summed E-state index contributed by atoms with van der Waals surface area (Å²) in [5.74, 6) is 2.35. The first-order valence-corrected chi connectivity index (χ1v) is 9.05. The van der Waals surface area contributed by atoms with E-state index in [1.165, 1.54) is 23.2 Å². The van der Waals surface area contributed by atoms with Crippen LogP contribution in [0.1, 0.15) is 70.3 Å². The van der Waals surface area contributed by atoms with Crippen LogP contribution >= 0.6 is 0 Å². The zero-order valence-corrected chi connectivity index (χ0v) is 14.5. The lowest BCUT2D eigenvalue weighted by Gasteiger charge is -2.33. The number of furan rings is 1. The molecule has 5 nitrogen and oxygen atoms in total. The molecule has 1 saturated heterocycles. The number of fused-ring (bicyclic) bond motifs is 1. The Balaban J connectivity index is 1.59. The molecule has 3 heterocycles. The van der Waals surface area contributed by atoms with Gasteiger partial charge in [0.1, 0.15) is 11.5 Å². The van der Waals surface area contributed by atoms with Crippen molar-refractivity contribution in [1.29, 1.82) is 0 Å². The van der Waals surface area contributed by atoms with E-state index in [-0.39, 0.29) is 5.91 Å². The Labute approximate surface area is 142 Å². The average Bonchev–Trinajstić information content (AvgIpc) is 3.16. The standard InChI is InChI=1S/C19H25N3O2/c1-12-10-20-21-18(12)14-6-5-9-22(11-14)19(23)17-13(2)24-16-8-4-3-7-15(16)17/h10,14H,3-9,11H2,1-2H3,(H,20,21)/t14-/m1/s1. The number of aryl methyl sites for hydroxylation is 3. The largest absolute Gasteiger partial charge is 0.465 e. The van der Waals surface area contributed by atoms with Crippen LogP contribution in [0.3, 0.4) is 0 Å². The van der Waals surface area contributed by atoms with Crippen molar-refractivity contribution in [2.24, 2.45) is 0 Å². The van der Waals surface area contributed by atoms with E-state index in [4.69, 9.17) is 4.42 Å². The van der Waals surface area contributed by atoms with Crippen molar-refractivity contribution < 1.29 is 9.21 Å². The number of carbonyl (C=O) groups is 1. The van der Waals surface area contributed by atoms with Crippen molar-refractivity contribution in [1.82, 2.24) is 15.1 Å². The van der Waals surface area contributed by atoms with Gasteiger partial charge in [-0.05, 0) is 51.5 Å². The van der Waals surface area contributed by atoms with Crippen LogP contribution in [0, 0.1) is 13.8 Å². The maximum absolute atomic E-state index is 13.2. The van der Waals surface area contributed by atoms with E-state index >= 15 is 0 Å². The molecule has 0 unspecified atom stereocenters. The predicted molar refractivity (Wildman–Crippen MR) is 91.3 cm³/mol. The second-order valence-corrected chi connectivity index (χ2v) is 7.20. The maximum atomic E-state index is 13.2. The fraction of sp³-hybridized carbons (Fsp3) is 0.579. The molecular weight excluding hydrogens is 302 g/mol. The van der Waals surface area contributed by atoms with Crippen molar-refractivity contribution in [3.63, 3.8) is 0 Å². The summed E-state index contributed by atoms with van der Waals surface area (Å²) in [6, 6.07) is 0. The van der Waals surface area contributed by atoms with Gasteiger partial charge in [0, 0.05) is 36.7 Å². The molecule has 2 aliphatic rings. The molecule has 2 aromatic heterocycles. The molecule has 128 valence electrons. The van der Waals surface area contributed by atoms with Gasteiger partial charge in [-0.2, -0.15) is 5.10 Å². The van der Waals surface area contributed by atoms with Crippen LogP contribution in [-0.2, 0) is 12.8 Å². The van der Waals surface area contributed by atoms with E-state index in [1.807, 2.05) is 18.0 Å². The van der Waals surface area contributed by atoms with Crippen LogP contribution in [-0.4, -0.2) is 34.1 Å². The van der Waals surface area contributed by atoms with Gasteiger partial charge in [-0.15, -0.1) is 0 Å². The Kier molecular flexibility index (Phi) is 3.94. The van der Waals surface area contributed by atoms with Crippen LogP contribution < -0.4 is 0 Å². The third-order valence-corrected chi connectivity index (χ3v) is 5.55. The number of nitrogens with zero attached hydrogens (tertiary/aromatic N) is 2. The van der Waals surface area contributed by atoms with Crippen LogP contribution in [0.4, 0.5) is 0 Å². The second kappa shape index (κ2) is 6.11. The highest BCUT2D eigenvalue weighted by Crippen LogP contribution is 2.33. The summed E-state index contributed by atoms with van der Waals surface area (Å²) in [5.41, 5.74) is 4.37. The summed E-state index contributed by atoms with van der Waals surface area (Å²) in [6.45, 7) is 5.62. The van der Waals surface area contributed by atoms with E-state index in [0.29, 0.717) is 5.92 Å². The normalized spacial score (nSPS) is 20.9. The molecule has 0 bridgehead atoms. The first-order chi connectivity index (χ1) is 11.6. The maximum Gasteiger partial charge on any atom is 0.257 e. The molecule has 0 radical (unpaired) electrons. The lowest BCUT2D eigenvalue weighted by atomic mass is 9.91. The second-order valence-electron chi connectivity index (χ2n) is 7.20. The monoisotopic (exact) mass is 327 g/mol. The SMILES string of the molecule is Cc1cn[nH]c1[C@@H]1CCCN(C(=O)c2c(C)oc3c2CCCC3)C1. The molecule has 1 fully saturated rings. The molecule has 1 amide bonds. The van der Waals surface area contributed by atoms with Crippen LogP contribution in [0.2, 0.25) is 0 Å². The number of carbonyl (C=O) groups excluding carboxylic acids is 1. The Bertz CT molecular complexity index is 759. The summed E-state index contributed by atoms with van der Waals surface area (Å²) in [6.07, 6.45) is 8.28. The fourth-order valence-corrected chi connectivity index (χ4v) is 4.31. The van der Waals surface area contributed by atoms with Crippen molar-refractivity contribution in [3.05, 3.63) is 40.1 Å². The third-order valence-electron chi connectivity index (χ3n) is 5.55. The molecule has 5 heteroatoms. The minimum absolute atomic E-state index is 0.154. The number of nitrogens with one attached hydrogen (secondary N) is 1. The van der Waals surface area contributed by atoms with Gasteiger partial charge >= 0.3 is 0 Å². The highest BCUT2D eigenvalue weighted by atomic mass is 16.3. The molecule has 1 N–H and O–H groups in total. The number of rotatable bonds is 2. The smallest absolute Gasteiger partial charge is 0.257 e. The van der Waals surface area contributed by atoms with Crippen LogP contribution in [0.15, 0.2) is 10.6 Å². The van der Waals surface area contributed by atoms with Crippen LogP contribution in [0.5, 0.6) is 0 Å². The number of piperidine rings is 1. The summed E-state index contributed by atoms with van der Waals surface area (Å²) in [7, 11) is 0. The van der Waals surface area contributed by atoms with Crippen molar-refractivity contribution >= 4 is 5.91 Å². The number of aromatic nitrogens is 2. The Morgan fingerprint density at radius 3 is 2.92 bits per heavy atom. The molecule has 24 heavy (non-hydrogen) atoms. The van der Waals surface area contributed by atoms with E-state index in [0.717, 1.165) is 62.3 Å². The number of amides is 1. The van der Waals surface area contributed by atoms with Gasteiger partial charge in [0.2, 0.25) is 0 Å². The Morgan fingerprint density at radius 1 is 1.29 bits per heavy atom. The Hall–Kier alpha value is -2.04. The number of aromatic amines is 1. The van der Waals surface area contributed by atoms with Gasteiger partial charge in [-0.3, -0.25) is 9.89 Å². The van der Waals surface area contributed by atoms with Gasteiger partial charge in [0.25, 0.3) is 5.91 Å². The summed E-state index contributed by atoms with van der Waals surface area (Å²) < 4.78 is 5.90. The van der Waals surface area contributed by atoms with Gasteiger partial charge in [0.15, 0.2) is 0 Å². The Morgan fingerprint density at radius 2 is 2.12 bits per heavy atom. The number of hydrogen-bond acceptors (Lipinski definition) is 3. The first-order valence-electron chi connectivity index (χ1n) is 9.05. The lowest BCUT2D eigenvalue weighted by Crippen LogP contribution is -2.39. The van der Waals surface area contributed by atoms with E-state index in [1.54, 1.807) is 0 Å². The molecular formula is C19H25N3O2. The van der Waals surface area contributed by atoms with Gasteiger partial charge in [-0.1, -0.05) is 0 Å². The average molecular weight is 327 g/mol. The topological polar surface area (TPSA) is 62.1 Å². The minimum atomic E-state index is 0.154. The van der Waals surface area contributed by atoms with Crippen molar-refractivity contribution in [3.8, 4) is 0 Å². The molecule has 0 saturated carbocycles. The lowest BCUT2D eigenvalue weighted by molar-refractivity contribution is 0.0703.